The van der Waals surface area contributed by atoms with Crippen molar-refractivity contribution in [2.24, 2.45) is 0 Å². The van der Waals surface area contributed by atoms with Crippen molar-refractivity contribution < 1.29 is 8.42 Å². The molecule has 4 nitrogen and oxygen atoms in total. The molecule has 0 aliphatic carbocycles. The smallest absolute Gasteiger partial charge is 0.211 e. The molecule has 1 aromatic rings. The van der Waals surface area contributed by atoms with Gasteiger partial charge in [-0.2, -0.15) is 0 Å². The molecule has 0 amide bonds. The Balaban J connectivity index is 2.08. The van der Waals surface area contributed by atoms with Gasteiger partial charge in [-0.25, -0.2) is 12.7 Å². The van der Waals surface area contributed by atoms with E-state index in [4.69, 9.17) is 5.73 Å². The predicted octanol–water partition coefficient (Wildman–Crippen LogP) is 1.41. The molecule has 1 aliphatic heterocycles. The summed E-state index contributed by atoms with van der Waals surface area (Å²) < 4.78 is 24.3. The summed E-state index contributed by atoms with van der Waals surface area (Å²) in [5.74, 6) is 0.384. The fourth-order valence-corrected chi connectivity index (χ4v) is 3.26. The summed E-state index contributed by atoms with van der Waals surface area (Å²) in [6.07, 6.45) is 2.97. The number of sulfonamides is 1. The Kier molecular flexibility index (Phi) is 3.40. The van der Waals surface area contributed by atoms with Crippen molar-refractivity contribution in [3.8, 4) is 0 Å². The van der Waals surface area contributed by atoms with Crippen LogP contribution in [0.2, 0.25) is 0 Å². The van der Waals surface area contributed by atoms with E-state index in [9.17, 15) is 8.42 Å². The number of nitrogens with zero attached hydrogens (tertiary/aromatic N) is 1. The fraction of sp³-hybridized carbons (Fsp3) is 0.500. The monoisotopic (exact) mass is 254 g/mol. The van der Waals surface area contributed by atoms with Gasteiger partial charge in [-0.1, -0.05) is 18.2 Å². The molecule has 94 valence electrons. The van der Waals surface area contributed by atoms with Crippen molar-refractivity contribution in [1.29, 1.82) is 0 Å². The highest BCUT2D eigenvalue weighted by atomic mass is 32.2. The van der Waals surface area contributed by atoms with Crippen LogP contribution in [-0.2, 0) is 10.0 Å². The van der Waals surface area contributed by atoms with Crippen LogP contribution in [0.4, 0.5) is 5.69 Å². The van der Waals surface area contributed by atoms with Gasteiger partial charge >= 0.3 is 0 Å². The Morgan fingerprint density at radius 2 is 1.82 bits per heavy atom. The van der Waals surface area contributed by atoms with Crippen LogP contribution in [0.1, 0.15) is 24.3 Å². The molecule has 0 spiro atoms. The number of piperidine rings is 1. The van der Waals surface area contributed by atoms with Gasteiger partial charge in [0.05, 0.1) is 6.26 Å². The topological polar surface area (TPSA) is 63.4 Å². The molecule has 0 bridgehead atoms. The first-order valence-electron chi connectivity index (χ1n) is 5.78. The van der Waals surface area contributed by atoms with Crippen LogP contribution in [0, 0.1) is 0 Å². The second kappa shape index (κ2) is 4.66. The van der Waals surface area contributed by atoms with Crippen molar-refractivity contribution in [3.63, 3.8) is 0 Å². The molecular weight excluding hydrogens is 236 g/mol. The largest absolute Gasteiger partial charge is 0.398 e. The van der Waals surface area contributed by atoms with Crippen LogP contribution in [0.15, 0.2) is 24.3 Å². The van der Waals surface area contributed by atoms with Crippen molar-refractivity contribution in [1.82, 2.24) is 4.31 Å². The zero-order chi connectivity index (χ0) is 12.5. The minimum Gasteiger partial charge on any atom is -0.398 e. The zero-order valence-corrected chi connectivity index (χ0v) is 10.8. The molecule has 0 aromatic heterocycles. The first-order chi connectivity index (χ1) is 7.98. The third-order valence-corrected chi connectivity index (χ3v) is 4.66. The minimum absolute atomic E-state index is 0.384. The van der Waals surface area contributed by atoms with Crippen LogP contribution in [0.25, 0.3) is 0 Å². The number of para-hydroxylation sites is 1. The predicted molar refractivity (Wildman–Crippen MR) is 69.2 cm³/mol. The van der Waals surface area contributed by atoms with Crippen molar-refractivity contribution >= 4 is 15.7 Å². The SMILES string of the molecule is CS(=O)(=O)N1CCC(c2ccccc2N)CC1. The highest BCUT2D eigenvalue weighted by molar-refractivity contribution is 7.88. The van der Waals surface area contributed by atoms with Gasteiger partial charge in [0.2, 0.25) is 10.0 Å². The van der Waals surface area contributed by atoms with E-state index in [1.807, 2.05) is 24.3 Å². The Bertz CT molecular complexity index is 491. The summed E-state index contributed by atoms with van der Waals surface area (Å²) in [5, 5.41) is 0. The first-order valence-corrected chi connectivity index (χ1v) is 7.63. The lowest BCUT2D eigenvalue weighted by molar-refractivity contribution is 0.322. The van der Waals surface area contributed by atoms with Gasteiger partial charge in [-0.05, 0) is 30.4 Å². The Hall–Kier alpha value is -1.07. The van der Waals surface area contributed by atoms with E-state index in [0.717, 1.165) is 24.1 Å². The van der Waals surface area contributed by atoms with E-state index in [0.29, 0.717) is 19.0 Å². The molecule has 1 heterocycles. The summed E-state index contributed by atoms with van der Waals surface area (Å²) in [6, 6.07) is 7.84. The Morgan fingerprint density at radius 3 is 2.35 bits per heavy atom. The van der Waals surface area contributed by atoms with Crippen LogP contribution >= 0.6 is 0 Å². The average Bonchev–Trinajstić information content (AvgIpc) is 2.29. The first kappa shape index (κ1) is 12.4. The van der Waals surface area contributed by atoms with Gasteiger partial charge in [0.25, 0.3) is 0 Å². The summed E-state index contributed by atoms with van der Waals surface area (Å²) in [5.41, 5.74) is 7.90. The summed E-state index contributed by atoms with van der Waals surface area (Å²) in [6.45, 7) is 1.19. The molecule has 1 aromatic carbocycles. The normalized spacial score (nSPS) is 19.4. The van der Waals surface area contributed by atoms with Gasteiger partial charge in [-0.3, -0.25) is 0 Å². The summed E-state index contributed by atoms with van der Waals surface area (Å²) in [4.78, 5) is 0. The lowest BCUT2D eigenvalue weighted by Gasteiger charge is -2.30. The van der Waals surface area contributed by atoms with Gasteiger partial charge in [0, 0.05) is 18.8 Å². The summed E-state index contributed by atoms with van der Waals surface area (Å²) in [7, 11) is -3.04. The molecule has 17 heavy (non-hydrogen) atoms. The van der Waals surface area contributed by atoms with Crippen LogP contribution in [-0.4, -0.2) is 32.1 Å². The van der Waals surface area contributed by atoms with Crippen LogP contribution in [0.3, 0.4) is 0 Å². The Morgan fingerprint density at radius 1 is 1.24 bits per heavy atom. The zero-order valence-electron chi connectivity index (χ0n) is 9.96. The minimum atomic E-state index is -3.04. The number of nitrogen functional groups attached to an aromatic ring is 1. The van der Waals surface area contributed by atoms with Crippen molar-refractivity contribution in [2.75, 3.05) is 25.1 Å². The standard InChI is InChI=1S/C12H18N2O2S/c1-17(15,16)14-8-6-10(7-9-14)11-4-2-3-5-12(11)13/h2-5,10H,6-9,13H2,1H3. The fourth-order valence-electron chi connectivity index (χ4n) is 2.38. The molecule has 2 N–H and O–H groups in total. The van der Waals surface area contributed by atoms with Gasteiger partial charge in [0.15, 0.2) is 0 Å². The number of anilines is 1. The highest BCUT2D eigenvalue weighted by Crippen LogP contribution is 2.31. The molecule has 0 atom stereocenters. The van der Waals surface area contributed by atoms with Crippen LogP contribution in [0.5, 0.6) is 0 Å². The van der Waals surface area contributed by atoms with Crippen molar-refractivity contribution in [2.45, 2.75) is 18.8 Å². The maximum Gasteiger partial charge on any atom is 0.211 e. The number of rotatable bonds is 2. The number of benzene rings is 1. The molecular formula is C12H18N2O2S. The average molecular weight is 254 g/mol. The lowest BCUT2D eigenvalue weighted by atomic mass is 9.89. The molecule has 1 fully saturated rings. The van der Waals surface area contributed by atoms with E-state index >= 15 is 0 Å². The molecule has 2 rings (SSSR count). The van der Waals surface area contributed by atoms with E-state index < -0.39 is 10.0 Å². The second-order valence-corrected chi connectivity index (χ2v) is 6.55. The maximum atomic E-state index is 11.4. The van der Waals surface area contributed by atoms with Gasteiger partial charge in [-0.15, -0.1) is 0 Å². The van der Waals surface area contributed by atoms with E-state index in [-0.39, 0.29) is 0 Å². The number of hydrogen-bond donors (Lipinski definition) is 1. The van der Waals surface area contributed by atoms with Gasteiger partial charge in [0.1, 0.15) is 0 Å². The highest BCUT2D eigenvalue weighted by Gasteiger charge is 2.26. The summed E-state index contributed by atoms with van der Waals surface area (Å²) >= 11 is 0. The number of nitrogens with two attached hydrogens (primary N) is 1. The Labute approximate surface area is 102 Å². The third-order valence-electron chi connectivity index (χ3n) is 3.36. The number of hydrogen-bond acceptors (Lipinski definition) is 3. The van der Waals surface area contributed by atoms with Crippen LogP contribution < -0.4 is 5.73 Å². The molecule has 0 saturated carbocycles. The molecule has 1 aliphatic rings. The molecule has 1 saturated heterocycles. The van der Waals surface area contributed by atoms with E-state index in [2.05, 4.69) is 0 Å². The van der Waals surface area contributed by atoms with E-state index in [1.165, 1.54) is 6.26 Å². The van der Waals surface area contributed by atoms with Crippen molar-refractivity contribution in [3.05, 3.63) is 29.8 Å². The molecule has 0 radical (unpaired) electrons. The lowest BCUT2D eigenvalue weighted by Crippen LogP contribution is -2.37. The molecule has 5 heteroatoms. The third kappa shape index (κ3) is 2.79. The van der Waals surface area contributed by atoms with E-state index in [1.54, 1.807) is 4.31 Å². The quantitative estimate of drug-likeness (QED) is 0.812. The molecule has 0 unspecified atom stereocenters. The maximum absolute atomic E-state index is 11.4. The second-order valence-electron chi connectivity index (χ2n) is 4.57. The van der Waals surface area contributed by atoms with Gasteiger partial charge < -0.3 is 5.73 Å².